The SMILES string of the molecule is CC1=CCC(OC2CC=C(C)CC2)CC1. The number of allylic oxidation sites excluding steroid dienone is 2. The summed E-state index contributed by atoms with van der Waals surface area (Å²) in [7, 11) is 0. The van der Waals surface area contributed by atoms with Crippen LogP contribution in [0.4, 0.5) is 0 Å². The summed E-state index contributed by atoms with van der Waals surface area (Å²) < 4.78 is 6.14. The average molecular weight is 206 g/mol. The Bertz CT molecular complexity index is 247. The molecule has 84 valence electrons. The monoisotopic (exact) mass is 206 g/mol. The fourth-order valence-corrected chi connectivity index (χ4v) is 2.40. The molecule has 1 nitrogen and oxygen atoms in total. The average Bonchev–Trinajstić information content (AvgIpc) is 2.25. The van der Waals surface area contributed by atoms with Crippen LogP contribution in [-0.4, -0.2) is 12.2 Å². The summed E-state index contributed by atoms with van der Waals surface area (Å²) >= 11 is 0. The maximum absolute atomic E-state index is 6.14. The van der Waals surface area contributed by atoms with Gasteiger partial charge in [-0.15, -0.1) is 0 Å². The van der Waals surface area contributed by atoms with Gasteiger partial charge in [0.2, 0.25) is 0 Å². The van der Waals surface area contributed by atoms with Gasteiger partial charge in [0.25, 0.3) is 0 Å². The van der Waals surface area contributed by atoms with E-state index in [0.29, 0.717) is 12.2 Å². The van der Waals surface area contributed by atoms with Crippen LogP contribution in [0.1, 0.15) is 52.4 Å². The molecule has 0 fully saturated rings. The standard InChI is InChI=1S/C14H22O/c1-11-3-7-13(8-4-11)15-14-9-5-12(2)6-10-14/h3,5,13-14H,4,6-10H2,1-2H3. The van der Waals surface area contributed by atoms with Crippen LogP contribution in [-0.2, 0) is 4.74 Å². The highest BCUT2D eigenvalue weighted by molar-refractivity contribution is 5.05. The highest BCUT2D eigenvalue weighted by Gasteiger charge is 2.19. The van der Waals surface area contributed by atoms with Crippen LogP contribution in [0.3, 0.4) is 0 Å². The van der Waals surface area contributed by atoms with Crippen LogP contribution >= 0.6 is 0 Å². The molecule has 2 rings (SSSR count). The number of rotatable bonds is 2. The normalized spacial score (nSPS) is 32.1. The van der Waals surface area contributed by atoms with Crippen molar-refractivity contribution in [2.75, 3.05) is 0 Å². The van der Waals surface area contributed by atoms with E-state index in [-0.39, 0.29) is 0 Å². The van der Waals surface area contributed by atoms with E-state index in [9.17, 15) is 0 Å². The lowest BCUT2D eigenvalue weighted by molar-refractivity contribution is -0.0208. The summed E-state index contributed by atoms with van der Waals surface area (Å²) in [6.45, 7) is 4.45. The van der Waals surface area contributed by atoms with E-state index in [1.54, 1.807) is 0 Å². The summed E-state index contributed by atoms with van der Waals surface area (Å²) in [5.41, 5.74) is 3.07. The van der Waals surface area contributed by atoms with Crippen LogP contribution < -0.4 is 0 Å². The molecule has 0 aromatic carbocycles. The van der Waals surface area contributed by atoms with Crippen molar-refractivity contribution in [3.63, 3.8) is 0 Å². The summed E-state index contributed by atoms with van der Waals surface area (Å²) in [5.74, 6) is 0. The Kier molecular flexibility index (Phi) is 3.63. The van der Waals surface area contributed by atoms with Crippen molar-refractivity contribution in [1.82, 2.24) is 0 Å². The molecular weight excluding hydrogens is 184 g/mol. The Morgan fingerprint density at radius 1 is 0.933 bits per heavy atom. The molecule has 0 N–H and O–H groups in total. The molecule has 0 saturated heterocycles. The number of hydrogen-bond acceptors (Lipinski definition) is 1. The third kappa shape index (κ3) is 3.20. The Labute approximate surface area is 93.2 Å². The molecule has 2 aliphatic rings. The van der Waals surface area contributed by atoms with Crippen LogP contribution in [0.15, 0.2) is 23.3 Å². The van der Waals surface area contributed by atoms with Gasteiger partial charge in [0, 0.05) is 0 Å². The second kappa shape index (κ2) is 4.98. The van der Waals surface area contributed by atoms with Crippen molar-refractivity contribution < 1.29 is 4.74 Å². The summed E-state index contributed by atoms with van der Waals surface area (Å²) in [5, 5.41) is 0. The quantitative estimate of drug-likeness (QED) is 0.620. The van der Waals surface area contributed by atoms with E-state index in [2.05, 4.69) is 26.0 Å². The minimum atomic E-state index is 0.491. The van der Waals surface area contributed by atoms with Gasteiger partial charge >= 0.3 is 0 Å². The highest BCUT2D eigenvalue weighted by Crippen LogP contribution is 2.26. The van der Waals surface area contributed by atoms with Gasteiger partial charge < -0.3 is 4.74 Å². The fourth-order valence-electron chi connectivity index (χ4n) is 2.40. The van der Waals surface area contributed by atoms with Gasteiger partial charge in [-0.25, -0.2) is 0 Å². The molecule has 0 bridgehead atoms. The van der Waals surface area contributed by atoms with E-state index >= 15 is 0 Å². The smallest absolute Gasteiger partial charge is 0.0616 e. The van der Waals surface area contributed by atoms with E-state index in [1.165, 1.54) is 36.8 Å². The fraction of sp³-hybridized carbons (Fsp3) is 0.714. The van der Waals surface area contributed by atoms with Crippen molar-refractivity contribution in [1.29, 1.82) is 0 Å². The van der Waals surface area contributed by atoms with Gasteiger partial charge in [0.15, 0.2) is 0 Å². The predicted octanol–water partition coefficient (Wildman–Crippen LogP) is 4.00. The van der Waals surface area contributed by atoms with Crippen LogP contribution in [0, 0.1) is 0 Å². The molecule has 2 atom stereocenters. The van der Waals surface area contributed by atoms with E-state index in [4.69, 9.17) is 4.74 Å². The van der Waals surface area contributed by atoms with Gasteiger partial charge in [0.1, 0.15) is 0 Å². The lowest BCUT2D eigenvalue weighted by atomic mass is 9.96. The highest BCUT2D eigenvalue weighted by atomic mass is 16.5. The van der Waals surface area contributed by atoms with Crippen molar-refractivity contribution >= 4 is 0 Å². The largest absolute Gasteiger partial charge is 0.374 e. The molecule has 0 spiro atoms. The summed E-state index contributed by atoms with van der Waals surface area (Å²) in [6, 6.07) is 0. The molecule has 0 radical (unpaired) electrons. The molecule has 0 aromatic heterocycles. The molecule has 2 unspecified atom stereocenters. The Morgan fingerprint density at radius 3 is 1.73 bits per heavy atom. The first-order chi connectivity index (χ1) is 7.24. The van der Waals surface area contributed by atoms with Gasteiger partial charge in [0.05, 0.1) is 12.2 Å². The maximum atomic E-state index is 6.14. The topological polar surface area (TPSA) is 9.23 Å². The number of hydrogen-bond donors (Lipinski definition) is 0. The zero-order valence-corrected chi connectivity index (χ0v) is 9.96. The molecule has 1 heteroatoms. The minimum absolute atomic E-state index is 0.491. The first-order valence-corrected chi connectivity index (χ1v) is 6.21. The first-order valence-electron chi connectivity index (χ1n) is 6.21. The Hall–Kier alpha value is -0.560. The van der Waals surface area contributed by atoms with Crippen LogP contribution in [0.25, 0.3) is 0 Å². The van der Waals surface area contributed by atoms with Gasteiger partial charge in [-0.05, 0) is 52.4 Å². The Morgan fingerprint density at radius 2 is 1.40 bits per heavy atom. The molecule has 0 aliphatic heterocycles. The summed E-state index contributed by atoms with van der Waals surface area (Å²) in [4.78, 5) is 0. The van der Waals surface area contributed by atoms with E-state index in [0.717, 1.165) is 12.8 Å². The zero-order valence-electron chi connectivity index (χ0n) is 9.96. The molecule has 15 heavy (non-hydrogen) atoms. The van der Waals surface area contributed by atoms with Gasteiger partial charge in [-0.2, -0.15) is 0 Å². The summed E-state index contributed by atoms with van der Waals surface area (Å²) in [6.07, 6.45) is 12.8. The predicted molar refractivity (Wildman–Crippen MR) is 63.9 cm³/mol. The molecule has 0 aromatic rings. The third-order valence-corrected chi connectivity index (χ3v) is 3.56. The van der Waals surface area contributed by atoms with Gasteiger partial charge in [-0.1, -0.05) is 23.3 Å². The van der Waals surface area contributed by atoms with Crippen LogP contribution in [0.5, 0.6) is 0 Å². The minimum Gasteiger partial charge on any atom is -0.374 e. The van der Waals surface area contributed by atoms with Crippen LogP contribution in [0.2, 0.25) is 0 Å². The molecule has 0 saturated carbocycles. The second-order valence-corrected chi connectivity index (χ2v) is 5.03. The lowest BCUT2D eigenvalue weighted by Crippen LogP contribution is -2.24. The molecule has 0 heterocycles. The van der Waals surface area contributed by atoms with Crippen molar-refractivity contribution in [3.8, 4) is 0 Å². The number of ether oxygens (including phenoxy) is 1. The molecule has 2 aliphatic carbocycles. The second-order valence-electron chi connectivity index (χ2n) is 5.03. The van der Waals surface area contributed by atoms with E-state index < -0.39 is 0 Å². The molecular formula is C14H22O. The van der Waals surface area contributed by atoms with Crippen molar-refractivity contribution in [2.24, 2.45) is 0 Å². The Balaban J connectivity index is 1.78. The first kappa shape index (κ1) is 10.9. The maximum Gasteiger partial charge on any atom is 0.0616 e. The van der Waals surface area contributed by atoms with Crippen molar-refractivity contribution in [2.45, 2.75) is 64.6 Å². The lowest BCUT2D eigenvalue weighted by Gasteiger charge is -2.28. The molecule has 0 amide bonds. The third-order valence-electron chi connectivity index (χ3n) is 3.56. The van der Waals surface area contributed by atoms with Gasteiger partial charge in [-0.3, -0.25) is 0 Å². The van der Waals surface area contributed by atoms with Crippen molar-refractivity contribution in [3.05, 3.63) is 23.3 Å². The zero-order chi connectivity index (χ0) is 10.7. The van der Waals surface area contributed by atoms with E-state index in [1.807, 2.05) is 0 Å².